The monoisotopic (exact) mass is 175 g/mol. The number of hydrogen-bond acceptors (Lipinski definition) is 4. The number of carbonyl (C=O) groups excluding carboxylic acids is 1. The van der Waals surface area contributed by atoms with Crippen molar-refractivity contribution in [2.45, 2.75) is 25.2 Å². The minimum absolute atomic E-state index is 0.0989. The maximum atomic E-state index is 10.9. The summed E-state index contributed by atoms with van der Waals surface area (Å²) in [4.78, 5) is 12.2. The molecule has 3 N–H and O–H groups in total. The zero-order chi connectivity index (χ0) is 9.30. The molecule has 0 radical (unpaired) electrons. The Bertz CT molecular complexity index is 184. The molecule has 1 aliphatic rings. The summed E-state index contributed by atoms with van der Waals surface area (Å²) in [5, 5.41) is 27.2. The van der Waals surface area contributed by atoms with Crippen molar-refractivity contribution in [3.05, 3.63) is 0 Å². The number of β-amino-alcohol motifs (C(OH)–C–C–N with tert-alkyl or cyclic N) is 1. The van der Waals surface area contributed by atoms with Crippen LogP contribution in [-0.2, 0) is 4.79 Å². The molecule has 0 bridgehead atoms. The molecule has 0 aromatic heterocycles. The lowest BCUT2D eigenvalue weighted by atomic mass is 10.1. The van der Waals surface area contributed by atoms with E-state index in [2.05, 4.69) is 0 Å². The Balaban J connectivity index is 2.71. The van der Waals surface area contributed by atoms with Crippen LogP contribution in [0, 0.1) is 0 Å². The molecule has 1 heterocycles. The maximum absolute atomic E-state index is 10.9. The molecule has 0 unspecified atom stereocenters. The number of nitrogens with zero attached hydrogens (tertiary/aromatic N) is 1. The van der Waals surface area contributed by atoms with Gasteiger partial charge in [-0.1, -0.05) is 0 Å². The summed E-state index contributed by atoms with van der Waals surface area (Å²) in [6.07, 6.45) is -1.97. The van der Waals surface area contributed by atoms with Gasteiger partial charge in [-0.15, -0.1) is 0 Å². The van der Waals surface area contributed by atoms with Crippen molar-refractivity contribution in [3.8, 4) is 0 Å². The summed E-state index contributed by atoms with van der Waals surface area (Å²) in [5.41, 5.74) is 0. The summed E-state index contributed by atoms with van der Waals surface area (Å²) in [6, 6.07) is -0.655. The molecule has 5 nitrogen and oxygen atoms in total. The fourth-order valence-corrected chi connectivity index (χ4v) is 1.45. The fraction of sp³-hybridized carbons (Fsp3) is 0.857. The first-order chi connectivity index (χ1) is 5.57. The molecule has 0 aromatic carbocycles. The number of aliphatic hydroxyl groups is 3. The van der Waals surface area contributed by atoms with Gasteiger partial charge in [0.25, 0.3) is 0 Å². The standard InChI is InChI=1S/C7H13NO4/c1-4(10)8-2-6(11)7(12)5(8)3-9/h5-7,9,11-12H,2-3H2,1H3/t5-,6-,7-/m1/s1. The van der Waals surface area contributed by atoms with Gasteiger partial charge in [0.15, 0.2) is 0 Å². The molecule has 0 saturated carbocycles. The van der Waals surface area contributed by atoms with Gasteiger partial charge >= 0.3 is 0 Å². The average molecular weight is 175 g/mol. The second-order valence-electron chi connectivity index (χ2n) is 2.98. The van der Waals surface area contributed by atoms with Gasteiger partial charge in [0.05, 0.1) is 18.8 Å². The van der Waals surface area contributed by atoms with Crippen molar-refractivity contribution in [1.29, 1.82) is 0 Å². The minimum Gasteiger partial charge on any atom is -0.394 e. The largest absolute Gasteiger partial charge is 0.394 e. The first kappa shape index (κ1) is 9.44. The molecule has 3 atom stereocenters. The van der Waals surface area contributed by atoms with E-state index in [4.69, 9.17) is 10.2 Å². The summed E-state index contributed by atoms with van der Waals surface area (Å²) < 4.78 is 0. The molecule has 1 fully saturated rings. The van der Waals surface area contributed by atoms with Crippen LogP contribution in [-0.4, -0.2) is 57.5 Å². The average Bonchev–Trinajstić information content (AvgIpc) is 2.29. The molecule has 1 amide bonds. The molecule has 0 aromatic rings. The van der Waals surface area contributed by atoms with E-state index in [9.17, 15) is 9.90 Å². The quantitative estimate of drug-likeness (QED) is 0.427. The van der Waals surface area contributed by atoms with Crippen molar-refractivity contribution in [1.82, 2.24) is 4.90 Å². The van der Waals surface area contributed by atoms with Gasteiger partial charge in [0.1, 0.15) is 6.10 Å². The van der Waals surface area contributed by atoms with E-state index >= 15 is 0 Å². The highest BCUT2D eigenvalue weighted by molar-refractivity contribution is 5.74. The summed E-state index contributed by atoms with van der Waals surface area (Å²) >= 11 is 0. The summed E-state index contributed by atoms with van der Waals surface area (Å²) in [6.45, 7) is 1.12. The number of hydrogen-bond donors (Lipinski definition) is 3. The summed E-state index contributed by atoms with van der Waals surface area (Å²) in [5.74, 6) is -0.246. The molecular formula is C7H13NO4. The Hall–Kier alpha value is -0.650. The maximum Gasteiger partial charge on any atom is 0.219 e. The number of aliphatic hydroxyl groups excluding tert-OH is 3. The molecular weight excluding hydrogens is 162 g/mol. The third-order valence-electron chi connectivity index (χ3n) is 2.16. The van der Waals surface area contributed by atoms with Gasteiger partial charge in [-0.3, -0.25) is 4.79 Å². The summed E-state index contributed by atoms with van der Waals surface area (Å²) in [7, 11) is 0. The van der Waals surface area contributed by atoms with E-state index in [1.807, 2.05) is 0 Å². The van der Waals surface area contributed by atoms with Crippen LogP contribution >= 0.6 is 0 Å². The fourth-order valence-electron chi connectivity index (χ4n) is 1.45. The second kappa shape index (κ2) is 3.38. The van der Waals surface area contributed by atoms with E-state index in [0.29, 0.717) is 0 Å². The van der Waals surface area contributed by atoms with Crippen molar-refractivity contribution in [3.63, 3.8) is 0 Å². The van der Waals surface area contributed by atoms with Crippen LogP contribution in [0.4, 0.5) is 0 Å². The molecule has 1 saturated heterocycles. The van der Waals surface area contributed by atoms with E-state index in [1.54, 1.807) is 0 Å². The molecule has 1 rings (SSSR count). The van der Waals surface area contributed by atoms with Gasteiger partial charge < -0.3 is 20.2 Å². The number of rotatable bonds is 1. The van der Waals surface area contributed by atoms with Gasteiger partial charge in [0.2, 0.25) is 5.91 Å². The smallest absolute Gasteiger partial charge is 0.219 e. The van der Waals surface area contributed by atoms with Gasteiger partial charge in [0, 0.05) is 13.5 Å². The lowest BCUT2D eigenvalue weighted by Gasteiger charge is -2.22. The Morgan fingerprint density at radius 2 is 2.17 bits per heavy atom. The number of carbonyl (C=O) groups is 1. The second-order valence-corrected chi connectivity index (χ2v) is 2.98. The molecule has 0 aliphatic carbocycles. The third-order valence-corrected chi connectivity index (χ3v) is 2.16. The van der Waals surface area contributed by atoms with Gasteiger partial charge in [-0.05, 0) is 0 Å². The first-order valence-corrected chi connectivity index (χ1v) is 3.82. The Morgan fingerprint density at radius 1 is 1.58 bits per heavy atom. The highest BCUT2D eigenvalue weighted by Gasteiger charge is 2.40. The first-order valence-electron chi connectivity index (χ1n) is 3.82. The van der Waals surface area contributed by atoms with Crippen LogP contribution in [0.3, 0.4) is 0 Å². The molecule has 12 heavy (non-hydrogen) atoms. The Labute approximate surface area is 70.2 Å². The van der Waals surface area contributed by atoms with Crippen LogP contribution in [0.1, 0.15) is 6.92 Å². The molecule has 70 valence electrons. The van der Waals surface area contributed by atoms with Gasteiger partial charge in [-0.2, -0.15) is 0 Å². The number of amides is 1. The zero-order valence-electron chi connectivity index (χ0n) is 6.84. The highest BCUT2D eigenvalue weighted by atomic mass is 16.3. The zero-order valence-corrected chi connectivity index (χ0v) is 6.84. The molecule has 0 spiro atoms. The van der Waals surface area contributed by atoms with E-state index in [1.165, 1.54) is 11.8 Å². The Morgan fingerprint density at radius 3 is 2.50 bits per heavy atom. The predicted molar refractivity (Wildman–Crippen MR) is 40.3 cm³/mol. The van der Waals surface area contributed by atoms with Gasteiger partial charge in [-0.25, -0.2) is 0 Å². The lowest BCUT2D eigenvalue weighted by molar-refractivity contribution is -0.131. The van der Waals surface area contributed by atoms with Crippen LogP contribution in [0.5, 0.6) is 0 Å². The van der Waals surface area contributed by atoms with Crippen LogP contribution in [0.25, 0.3) is 0 Å². The van der Waals surface area contributed by atoms with Crippen molar-refractivity contribution in [2.75, 3.05) is 13.2 Å². The minimum atomic E-state index is -1.03. The topological polar surface area (TPSA) is 81.0 Å². The SMILES string of the molecule is CC(=O)N1C[C@@H](O)[C@H](O)[C@H]1CO. The molecule has 5 heteroatoms. The Kier molecular flexibility index (Phi) is 2.66. The van der Waals surface area contributed by atoms with Crippen molar-refractivity contribution in [2.24, 2.45) is 0 Å². The molecule has 1 aliphatic heterocycles. The number of likely N-dealkylation sites (tertiary alicyclic amines) is 1. The van der Waals surface area contributed by atoms with Crippen LogP contribution in [0.2, 0.25) is 0 Å². The highest BCUT2D eigenvalue weighted by Crippen LogP contribution is 2.17. The van der Waals surface area contributed by atoms with Crippen LogP contribution < -0.4 is 0 Å². The van der Waals surface area contributed by atoms with E-state index in [0.717, 1.165) is 0 Å². The van der Waals surface area contributed by atoms with Crippen LogP contribution in [0.15, 0.2) is 0 Å². The lowest BCUT2D eigenvalue weighted by Crippen LogP contribution is -2.41. The normalized spacial score (nSPS) is 35.7. The third kappa shape index (κ3) is 1.43. The predicted octanol–water partition coefficient (Wildman–Crippen LogP) is -2.07. The van der Waals surface area contributed by atoms with Crippen molar-refractivity contribution >= 4 is 5.91 Å². The van der Waals surface area contributed by atoms with Crippen molar-refractivity contribution < 1.29 is 20.1 Å². The van der Waals surface area contributed by atoms with E-state index < -0.39 is 18.2 Å². The van der Waals surface area contributed by atoms with E-state index in [-0.39, 0.29) is 19.1 Å².